The van der Waals surface area contributed by atoms with Crippen LogP contribution in [0.1, 0.15) is 6.92 Å². The van der Waals surface area contributed by atoms with E-state index in [0.29, 0.717) is 6.61 Å². The fraction of sp³-hybridized carbons (Fsp3) is 0.273. The first-order valence-electron chi connectivity index (χ1n) is 4.91. The molecular weight excluding hydrogens is 192 g/mol. The van der Waals surface area contributed by atoms with Gasteiger partial charge in [-0.3, -0.25) is 0 Å². The molecule has 0 atom stereocenters. The minimum Gasteiger partial charge on any atom is -0.463 e. The van der Waals surface area contributed by atoms with Crippen molar-refractivity contribution in [2.75, 3.05) is 6.61 Å². The van der Waals surface area contributed by atoms with Crippen LogP contribution in [0.5, 0.6) is 0 Å². The fourth-order valence-electron chi connectivity index (χ4n) is 1.47. The summed E-state index contributed by atoms with van der Waals surface area (Å²) in [7, 11) is 0. The van der Waals surface area contributed by atoms with Gasteiger partial charge in [0.05, 0.1) is 19.0 Å². The van der Waals surface area contributed by atoms with Crippen molar-refractivity contribution in [3.05, 3.63) is 36.9 Å². The standard InChI is InChI=1S/C11H13N2O2/c1-2-15-11(14)8-12-7-5-10-4-3-6-13(10)9-12/h3-7,9H,2,8H2,1H3/q+1. The Morgan fingerprint density at radius 1 is 1.53 bits per heavy atom. The van der Waals surface area contributed by atoms with Gasteiger partial charge in [0.1, 0.15) is 5.52 Å². The second kappa shape index (κ2) is 4.13. The Labute approximate surface area is 87.7 Å². The van der Waals surface area contributed by atoms with Gasteiger partial charge in [0.2, 0.25) is 6.33 Å². The van der Waals surface area contributed by atoms with Crippen LogP contribution in [0.3, 0.4) is 0 Å². The van der Waals surface area contributed by atoms with E-state index in [-0.39, 0.29) is 12.5 Å². The highest BCUT2D eigenvalue weighted by molar-refractivity contribution is 5.67. The highest BCUT2D eigenvalue weighted by atomic mass is 16.5. The second-order valence-electron chi connectivity index (χ2n) is 3.25. The molecule has 2 aromatic rings. The van der Waals surface area contributed by atoms with Crippen molar-refractivity contribution < 1.29 is 14.1 Å². The molecule has 0 aliphatic rings. The van der Waals surface area contributed by atoms with Gasteiger partial charge in [-0.1, -0.05) is 0 Å². The quantitative estimate of drug-likeness (QED) is 0.548. The summed E-state index contributed by atoms with van der Waals surface area (Å²) >= 11 is 0. The number of rotatable bonds is 3. The molecule has 2 rings (SSSR count). The van der Waals surface area contributed by atoms with Gasteiger partial charge in [-0.05, 0) is 19.1 Å². The number of esters is 1. The van der Waals surface area contributed by atoms with Gasteiger partial charge < -0.3 is 4.74 Å². The number of fused-ring (bicyclic) bond motifs is 1. The molecule has 0 aliphatic heterocycles. The van der Waals surface area contributed by atoms with Crippen molar-refractivity contribution >= 4 is 11.5 Å². The molecule has 0 aliphatic carbocycles. The van der Waals surface area contributed by atoms with Crippen LogP contribution in [0.4, 0.5) is 0 Å². The topological polar surface area (TPSA) is 34.6 Å². The number of ether oxygens (including phenoxy) is 1. The van der Waals surface area contributed by atoms with Crippen LogP contribution in [0.25, 0.3) is 5.52 Å². The van der Waals surface area contributed by atoms with Crippen LogP contribution in [0.15, 0.2) is 36.9 Å². The smallest absolute Gasteiger partial charge is 0.348 e. The zero-order valence-electron chi connectivity index (χ0n) is 8.59. The third-order valence-electron chi connectivity index (χ3n) is 2.14. The van der Waals surface area contributed by atoms with Gasteiger partial charge in [-0.2, -0.15) is 0 Å². The summed E-state index contributed by atoms with van der Waals surface area (Å²) < 4.78 is 8.62. The Hall–Kier alpha value is -1.84. The van der Waals surface area contributed by atoms with E-state index in [2.05, 4.69) is 0 Å². The third-order valence-corrected chi connectivity index (χ3v) is 2.14. The molecule has 0 aromatic carbocycles. The summed E-state index contributed by atoms with van der Waals surface area (Å²) in [6.45, 7) is 2.48. The molecule has 0 N–H and O–H groups in total. The minimum absolute atomic E-state index is 0.214. The van der Waals surface area contributed by atoms with Crippen molar-refractivity contribution in [3.8, 4) is 0 Å². The van der Waals surface area contributed by atoms with Gasteiger partial charge in [-0.15, -0.1) is 0 Å². The predicted octanol–water partition coefficient (Wildman–Crippen LogP) is 0.790. The molecule has 4 nitrogen and oxygen atoms in total. The molecule has 0 radical (unpaired) electrons. The molecule has 78 valence electrons. The summed E-state index contributed by atoms with van der Waals surface area (Å²) in [6, 6.07) is 5.93. The van der Waals surface area contributed by atoms with E-state index in [1.807, 2.05) is 41.3 Å². The molecule has 0 fully saturated rings. The summed E-state index contributed by atoms with van der Waals surface area (Å²) in [5, 5.41) is 0. The maximum Gasteiger partial charge on any atom is 0.348 e. The van der Waals surface area contributed by atoms with Crippen molar-refractivity contribution in [2.24, 2.45) is 0 Å². The summed E-state index contributed by atoms with van der Waals surface area (Å²) in [5.41, 5.74) is 1.11. The second-order valence-corrected chi connectivity index (χ2v) is 3.25. The minimum atomic E-state index is -0.214. The lowest BCUT2D eigenvalue weighted by molar-refractivity contribution is -0.689. The lowest BCUT2D eigenvalue weighted by atomic mass is 10.5. The molecule has 0 saturated heterocycles. The first-order valence-corrected chi connectivity index (χ1v) is 4.91. The molecule has 4 heteroatoms. The van der Waals surface area contributed by atoms with Gasteiger partial charge in [0.15, 0.2) is 6.54 Å². The van der Waals surface area contributed by atoms with E-state index in [4.69, 9.17) is 4.74 Å². The van der Waals surface area contributed by atoms with Crippen LogP contribution in [0.2, 0.25) is 0 Å². The Bertz CT molecular complexity index is 476. The zero-order valence-corrected chi connectivity index (χ0v) is 8.59. The Balaban J connectivity index is 2.17. The maximum absolute atomic E-state index is 11.2. The fourth-order valence-corrected chi connectivity index (χ4v) is 1.47. The normalized spacial score (nSPS) is 10.5. The molecule has 0 amide bonds. The number of aromatic nitrogens is 2. The summed E-state index contributed by atoms with van der Waals surface area (Å²) in [4.78, 5) is 11.2. The lowest BCUT2D eigenvalue weighted by Gasteiger charge is -2.00. The van der Waals surface area contributed by atoms with E-state index < -0.39 is 0 Å². The number of hydrogen-bond donors (Lipinski definition) is 0. The molecule has 0 bridgehead atoms. The highest BCUT2D eigenvalue weighted by Crippen LogP contribution is 1.99. The SMILES string of the molecule is CCOC(=O)C[n+]1ccc2cccn2c1. The van der Waals surface area contributed by atoms with E-state index in [1.54, 1.807) is 11.5 Å². The van der Waals surface area contributed by atoms with Crippen LogP contribution in [-0.2, 0) is 16.1 Å². The number of hydrogen-bond acceptors (Lipinski definition) is 2. The highest BCUT2D eigenvalue weighted by Gasteiger charge is 2.07. The average Bonchev–Trinajstić information content (AvgIpc) is 2.65. The molecular formula is C11H13N2O2+. The Morgan fingerprint density at radius 3 is 3.20 bits per heavy atom. The zero-order chi connectivity index (χ0) is 10.7. The maximum atomic E-state index is 11.2. The summed E-state index contributed by atoms with van der Waals surface area (Å²) in [6.07, 6.45) is 5.68. The number of carbonyl (C=O) groups is 1. The van der Waals surface area contributed by atoms with Crippen molar-refractivity contribution in [1.29, 1.82) is 0 Å². The van der Waals surface area contributed by atoms with Crippen molar-refractivity contribution in [3.63, 3.8) is 0 Å². The van der Waals surface area contributed by atoms with Gasteiger partial charge in [-0.25, -0.2) is 13.8 Å². The van der Waals surface area contributed by atoms with E-state index in [0.717, 1.165) is 5.52 Å². The average molecular weight is 205 g/mol. The molecule has 0 saturated carbocycles. The monoisotopic (exact) mass is 205 g/mol. The molecule has 2 aromatic heterocycles. The van der Waals surface area contributed by atoms with Crippen LogP contribution >= 0.6 is 0 Å². The van der Waals surface area contributed by atoms with Crippen molar-refractivity contribution in [1.82, 2.24) is 4.40 Å². The van der Waals surface area contributed by atoms with Crippen molar-refractivity contribution in [2.45, 2.75) is 13.5 Å². The Morgan fingerprint density at radius 2 is 2.40 bits per heavy atom. The predicted molar refractivity (Wildman–Crippen MR) is 54.2 cm³/mol. The largest absolute Gasteiger partial charge is 0.463 e. The number of nitrogens with zero attached hydrogens (tertiary/aromatic N) is 2. The van der Waals surface area contributed by atoms with Gasteiger partial charge in [0.25, 0.3) is 0 Å². The van der Waals surface area contributed by atoms with E-state index in [1.165, 1.54) is 0 Å². The van der Waals surface area contributed by atoms with Crippen LogP contribution in [0, 0.1) is 0 Å². The number of carbonyl (C=O) groups excluding carboxylic acids is 1. The lowest BCUT2D eigenvalue weighted by Crippen LogP contribution is -2.38. The van der Waals surface area contributed by atoms with Gasteiger partial charge >= 0.3 is 5.97 Å². The third kappa shape index (κ3) is 2.15. The molecule has 0 unspecified atom stereocenters. The first kappa shape index (κ1) is 9.71. The molecule has 2 heterocycles. The first-order chi connectivity index (χ1) is 7.29. The van der Waals surface area contributed by atoms with Crippen LogP contribution < -0.4 is 4.57 Å². The molecule has 0 spiro atoms. The van der Waals surface area contributed by atoms with E-state index in [9.17, 15) is 4.79 Å². The Kier molecular flexibility index (Phi) is 2.67. The van der Waals surface area contributed by atoms with Gasteiger partial charge in [0, 0.05) is 6.07 Å². The summed E-state index contributed by atoms with van der Waals surface area (Å²) in [5.74, 6) is -0.214. The molecule has 15 heavy (non-hydrogen) atoms. The van der Waals surface area contributed by atoms with E-state index >= 15 is 0 Å². The van der Waals surface area contributed by atoms with Crippen LogP contribution in [-0.4, -0.2) is 17.0 Å².